The van der Waals surface area contributed by atoms with Crippen molar-refractivity contribution in [2.24, 2.45) is 0 Å². The van der Waals surface area contributed by atoms with E-state index >= 15 is 0 Å². The maximum atomic E-state index is 12.8. The van der Waals surface area contributed by atoms with Crippen molar-refractivity contribution in [2.75, 3.05) is 13.2 Å². The molecule has 63 heavy (non-hydrogen) atoms. The van der Waals surface area contributed by atoms with Crippen LogP contribution in [-0.2, 0) is 14.3 Å². The number of carbonyl (C=O) groups is 1. The predicted molar refractivity (Wildman–Crippen MR) is 263 cm³/mol. The molecule has 0 aromatic heterocycles. The highest BCUT2D eigenvalue weighted by Gasteiger charge is 2.44. The second-order valence-corrected chi connectivity index (χ2v) is 18.7. The molecule has 7 atom stereocenters. The molecule has 1 saturated heterocycles. The predicted octanol–water partition coefficient (Wildman–Crippen LogP) is 12.4. The molecule has 1 rings (SSSR count). The number of nitrogens with one attached hydrogen (secondary N) is 1. The molecule has 0 aromatic carbocycles. The van der Waals surface area contributed by atoms with Gasteiger partial charge in [0.1, 0.15) is 24.4 Å². The third-order valence-corrected chi connectivity index (χ3v) is 12.7. The summed E-state index contributed by atoms with van der Waals surface area (Å²) in [6, 6.07) is -0.797. The summed E-state index contributed by atoms with van der Waals surface area (Å²) in [6.07, 6.45) is 50.6. The van der Waals surface area contributed by atoms with E-state index in [1.807, 2.05) is 13.0 Å². The van der Waals surface area contributed by atoms with Crippen LogP contribution in [-0.4, -0.2) is 87.5 Å². The van der Waals surface area contributed by atoms with Crippen LogP contribution in [0, 0.1) is 0 Å². The minimum atomic E-state index is -1.56. The van der Waals surface area contributed by atoms with E-state index < -0.39 is 49.5 Å². The fraction of sp³-hybridized carbons (Fsp3) is 0.870. The molecule has 1 amide bonds. The van der Waals surface area contributed by atoms with Gasteiger partial charge in [0, 0.05) is 6.42 Å². The minimum absolute atomic E-state index is 0.186. The standard InChI is InChI=1S/C54H101NO8/c1-3-5-7-8-9-10-11-12-13-14-15-16-17-18-19-20-21-22-23-24-25-26-27-28-29-30-31-32-33-34-35-36-37-38-39-40-42-44-50(58)55-47(48(57)43-41-6-4-2)46-62-54-53(61)52(60)51(59)49(45-56)63-54/h11-12,14-15,41,43,47-49,51-54,56-57,59-61H,3-10,13,16-40,42,44-46H2,1-2H3,(H,55,58)/b12-11-,15-14-,43-41+. The Morgan fingerprint density at radius 1 is 0.540 bits per heavy atom. The summed E-state index contributed by atoms with van der Waals surface area (Å²) in [4.78, 5) is 12.8. The van der Waals surface area contributed by atoms with Gasteiger partial charge in [-0.15, -0.1) is 0 Å². The number of aliphatic hydroxyl groups is 5. The lowest BCUT2D eigenvalue weighted by Crippen LogP contribution is -2.60. The summed E-state index contributed by atoms with van der Waals surface area (Å²) in [5.74, 6) is -0.186. The fourth-order valence-corrected chi connectivity index (χ4v) is 8.43. The molecule has 0 bridgehead atoms. The van der Waals surface area contributed by atoms with Gasteiger partial charge >= 0.3 is 0 Å². The maximum Gasteiger partial charge on any atom is 0.220 e. The van der Waals surface area contributed by atoms with Crippen LogP contribution >= 0.6 is 0 Å². The van der Waals surface area contributed by atoms with Crippen LogP contribution in [0.3, 0.4) is 0 Å². The van der Waals surface area contributed by atoms with E-state index in [-0.39, 0.29) is 12.5 Å². The van der Waals surface area contributed by atoms with Crippen LogP contribution in [0.25, 0.3) is 0 Å². The number of hydrogen-bond acceptors (Lipinski definition) is 8. The van der Waals surface area contributed by atoms with Crippen LogP contribution in [0.4, 0.5) is 0 Å². The summed E-state index contributed by atoms with van der Waals surface area (Å²) in [7, 11) is 0. The lowest BCUT2D eigenvalue weighted by atomic mass is 9.99. The van der Waals surface area contributed by atoms with Crippen molar-refractivity contribution in [2.45, 2.75) is 288 Å². The summed E-state index contributed by atoms with van der Waals surface area (Å²) in [5, 5.41) is 53.5. The van der Waals surface area contributed by atoms with Crippen molar-refractivity contribution in [3.8, 4) is 0 Å². The van der Waals surface area contributed by atoms with Gasteiger partial charge < -0.3 is 40.3 Å². The van der Waals surface area contributed by atoms with Crippen molar-refractivity contribution in [3.63, 3.8) is 0 Å². The van der Waals surface area contributed by atoms with Crippen molar-refractivity contribution < 1.29 is 39.8 Å². The molecule has 1 heterocycles. The molecule has 1 aliphatic heterocycles. The second kappa shape index (κ2) is 44.3. The third-order valence-electron chi connectivity index (χ3n) is 12.7. The fourth-order valence-electron chi connectivity index (χ4n) is 8.43. The van der Waals surface area contributed by atoms with E-state index in [1.165, 1.54) is 186 Å². The van der Waals surface area contributed by atoms with Gasteiger partial charge in [-0.25, -0.2) is 0 Å². The lowest BCUT2D eigenvalue weighted by Gasteiger charge is -2.40. The van der Waals surface area contributed by atoms with Gasteiger partial charge in [0.15, 0.2) is 6.29 Å². The van der Waals surface area contributed by atoms with Crippen molar-refractivity contribution in [1.29, 1.82) is 0 Å². The summed E-state index contributed by atoms with van der Waals surface area (Å²) in [5.41, 5.74) is 0. The Labute approximate surface area is 387 Å². The molecule has 370 valence electrons. The monoisotopic (exact) mass is 892 g/mol. The molecular formula is C54H101NO8. The smallest absolute Gasteiger partial charge is 0.220 e. The van der Waals surface area contributed by atoms with E-state index in [9.17, 15) is 30.3 Å². The Balaban J connectivity index is 1.90. The highest BCUT2D eigenvalue weighted by Crippen LogP contribution is 2.23. The van der Waals surface area contributed by atoms with Gasteiger partial charge in [-0.05, 0) is 44.9 Å². The zero-order chi connectivity index (χ0) is 45.9. The summed E-state index contributed by atoms with van der Waals surface area (Å²) < 4.78 is 11.1. The van der Waals surface area contributed by atoms with Gasteiger partial charge in [-0.3, -0.25) is 4.79 Å². The Morgan fingerprint density at radius 2 is 0.968 bits per heavy atom. The Kier molecular flexibility index (Phi) is 41.7. The van der Waals surface area contributed by atoms with Crippen LogP contribution in [0.2, 0.25) is 0 Å². The Hall–Kier alpha value is -1.59. The molecule has 9 nitrogen and oxygen atoms in total. The van der Waals surface area contributed by atoms with E-state index in [0.717, 1.165) is 38.5 Å². The van der Waals surface area contributed by atoms with Crippen molar-refractivity contribution in [3.05, 3.63) is 36.5 Å². The number of hydrogen-bond donors (Lipinski definition) is 6. The molecule has 9 heteroatoms. The summed E-state index contributed by atoms with van der Waals surface area (Å²) >= 11 is 0. The first-order valence-electron chi connectivity index (χ1n) is 26.7. The average molecular weight is 892 g/mol. The van der Waals surface area contributed by atoms with E-state index in [4.69, 9.17) is 9.47 Å². The molecule has 0 radical (unpaired) electrons. The van der Waals surface area contributed by atoms with Gasteiger partial charge in [-0.1, -0.05) is 230 Å². The lowest BCUT2D eigenvalue weighted by molar-refractivity contribution is -0.302. The van der Waals surface area contributed by atoms with Crippen LogP contribution in [0.5, 0.6) is 0 Å². The summed E-state index contributed by atoms with van der Waals surface area (Å²) in [6.45, 7) is 3.55. The first-order valence-corrected chi connectivity index (χ1v) is 26.7. The highest BCUT2D eigenvalue weighted by atomic mass is 16.7. The van der Waals surface area contributed by atoms with Crippen LogP contribution in [0.15, 0.2) is 36.5 Å². The second-order valence-electron chi connectivity index (χ2n) is 18.7. The minimum Gasteiger partial charge on any atom is -0.394 e. The van der Waals surface area contributed by atoms with Gasteiger partial charge in [0.25, 0.3) is 0 Å². The van der Waals surface area contributed by atoms with E-state index in [0.29, 0.717) is 6.42 Å². The number of unbranched alkanes of at least 4 members (excludes halogenated alkanes) is 31. The number of allylic oxidation sites excluding steroid dienone is 5. The van der Waals surface area contributed by atoms with Crippen LogP contribution in [0.1, 0.15) is 245 Å². The molecule has 0 spiro atoms. The highest BCUT2D eigenvalue weighted by molar-refractivity contribution is 5.76. The van der Waals surface area contributed by atoms with Crippen molar-refractivity contribution in [1.82, 2.24) is 5.32 Å². The quantitative estimate of drug-likeness (QED) is 0.0261. The van der Waals surface area contributed by atoms with E-state index in [1.54, 1.807) is 6.08 Å². The Bertz CT molecular complexity index is 1080. The number of aliphatic hydroxyl groups excluding tert-OH is 5. The van der Waals surface area contributed by atoms with Gasteiger partial charge in [0.05, 0.1) is 25.4 Å². The van der Waals surface area contributed by atoms with Gasteiger partial charge in [-0.2, -0.15) is 0 Å². The van der Waals surface area contributed by atoms with E-state index in [2.05, 4.69) is 36.5 Å². The third kappa shape index (κ3) is 34.4. The molecule has 6 N–H and O–H groups in total. The molecular weight excluding hydrogens is 791 g/mol. The first-order chi connectivity index (χ1) is 30.8. The number of amides is 1. The molecule has 0 saturated carbocycles. The van der Waals surface area contributed by atoms with Crippen LogP contribution < -0.4 is 5.32 Å². The maximum absolute atomic E-state index is 12.8. The normalized spacial score (nSPS) is 20.4. The largest absolute Gasteiger partial charge is 0.394 e. The zero-order valence-electron chi connectivity index (χ0n) is 40.8. The van der Waals surface area contributed by atoms with Gasteiger partial charge in [0.2, 0.25) is 5.91 Å². The average Bonchev–Trinajstić information content (AvgIpc) is 3.28. The topological polar surface area (TPSA) is 149 Å². The van der Waals surface area contributed by atoms with Crippen molar-refractivity contribution >= 4 is 5.91 Å². The zero-order valence-corrected chi connectivity index (χ0v) is 40.8. The number of ether oxygens (including phenoxy) is 2. The SMILES string of the molecule is CCC/C=C/C(O)C(COC1OC(CO)C(O)C(O)C1O)NC(=O)CCCCCCCCCCCCCCCCCCCCCCCCCCC/C=C\C/C=C\CCCCCCC. The first kappa shape index (κ1) is 59.4. The molecule has 7 unspecified atom stereocenters. The molecule has 0 aliphatic carbocycles. The molecule has 1 fully saturated rings. The molecule has 1 aliphatic rings. The number of rotatable bonds is 45. The number of carbonyl (C=O) groups excluding carboxylic acids is 1. The molecule has 0 aromatic rings. The Morgan fingerprint density at radius 3 is 1.40 bits per heavy atom.